The molecule has 0 saturated heterocycles. The number of likely N-dealkylation sites (N-methyl/N-ethyl adjacent to an activating group) is 1. The van der Waals surface area contributed by atoms with Gasteiger partial charge in [-0.2, -0.15) is 0 Å². The lowest BCUT2D eigenvalue weighted by Gasteiger charge is -2.33. The van der Waals surface area contributed by atoms with Crippen LogP contribution >= 0.6 is 24.0 Å². The average molecular weight is 495 g/mol. The van der Waals surface area contributed by atoms with Gasteiger partial charge in [-0.05, 0) is 19.4 Å². The Hall–Kier alpha value is -0.640. The molecule has 0 rings (SSSR count). The van der Waals surface area contributed by atoms with Crippen LogP contribution in [0.4, 0.5) is 0 Å². The van der Waals surface area contributed by atoms with E-state index in [-0.39, 0.29) is 24.0 Å². The Labute approximate surface area is 184 Å². The summed E-state index contributed by atoms with van der Waals surface area (Å²) in [4.78, 5) is 9.02. The highest BCUT2D eigenvalue weighted by molar-refractivity contribution is 14.0. The summed E-state index contributed by atoms with van der Waals surface area (Å²) in [5.74, 6) is 1.37. The number of methoxy groups -OCH3 is 1. The van der Waals surface area contributed by atoms with Crippen LogP contribution in [0, 0.1) is 5.92 Å². The summed E-state index contributed by atoms with van der Waals surface area (Å²) in [6, 6.07) is 0.390. The summed E-state index contributed by atoms with van der Waals surface area (Å²) in [7, 11) is 5.69. The van der Waals surface area contributed by atoms with Crippen LogP contribution in [0.1, 0.15) is 20.3 Å². The maximum absolute atomic E-state index is 5.09. The van der Waals surface area contributed by atoms with Crippen LogP contribution in [-0.2, 0) is 4.74 Å². The summed E-state index contributed by atoms with van der Waals surface area (Å²) in [6.45, 7) is 18.5. The molecule has 0 spiro atoms. The van der Waals surface area contributed by atoms with Crippen LogP contribution in [0.5, 0.6) is 0 Å². The van der Waals surface area contributed by atoms with Crippen molar-refractivity contribution >= 4 is 29.9 Å². The molecule has 1 unspecified atom stereocenters. The van der Waals surface area contributed by atoms with Crippen LogP contribution in [-0.4, -0.2) is 88.9 Å². The molecular weight excluding hydrogens is 453 g/mol. The highest BCUT2D eigenvalue weighted by Gasteiger charge is 2.20. The van der Waals surface area contributed by atoms with E-state index in [1.165, 1.54) is 0 Å². The van der Waals surface area contributed by atoms with Crippen molar-refractivity contribution in [1.82, 2.24) is 20.4 Å². The van der Waals surface area contributed by atoms with Crippen LogP contribution in [0.3, 0.4) is 0 Å². The topological polar surface area (TPSA) is 52.1 Å². The van der Waals surface area contributed by atoms with E-state index in [9.17, 15) is 0 Å². The van der Waals surface area contributed by atoms with E-state index in [1.54, 1.807) is 7.11 Å². The second-order valence-electron chi connectivity index (χ2n) is 6.87. The van der Waals surface area contributed by atoms with E-state index in [1.807, 2.05) is 19.2 Å². The monoisotopic (exact) mass is 495 g/mol. The van der Waals surface area contributed by atoms with Crippen LogP contribution < -0.4 is 10.6 Å². The van der Waals surface area contributed by atoms with E-state index in [0.717, 1.165) is 58.3 Å². The van der Waals surface area contributed by atoms with Gasteiger partial charge in [-0.25, -0.2) is 0 Å². The zero-order valence-corrected chi connectivity index (χ0v) is 20.4. The van der Waals surface area contributed by atoms with Gasteiger partial charge in [0.15, 0.2) is 5.96 Å². The van der Waals surface area contributed by atoms with Gasteiger partial charge in [0.1, 0.15) is 0 Å². The first-order chi connectivity index (χ1) is 12.5. The van der Waals surface area contributed by atoms with Gasteiger partial charge < -0.3 is 20.3 Å². The molecule has 0 aliphatic rings. The standard InChI is InChI=1S/C20H41N5O.HI/c1-8-12-25(13-9-2)19(18(3)4)17-23-20(21-5)22-11-15-24(6)14-10-16-26-7;/h8-9,18-19H,1-2,10-17H2,3-7H3,(H2,21,22,23);1H. The van der Waals surface area contributed by atoms with Gasteiger partial charge in [0, 0.05) is 66.1 Å². The Morgan fingerprint density at radius 2 is 1.78 bits per heavy atom. The summed E-state index contributed by atoms with van der Waals surface area (Å²) in [5.41, 5.74) is 0. The Kier molecular flexibility index (Phi) is 19.8. The molecule has 1 atom stereocenters. The molecule has 0 aromatic carbocycles. The first-order valence-corrected chi connectivity index (χ1v) is 9.57. The van der Waals surface area contributed by atoms with Gasteiger partial charge in [-0.1, -0.05) is 26.0 Å². The van der Waals surface area contributed by atoms with Crippen LogP contribution in [0.25, 0.3) is 0 Å². The highest BCUT2D eigenvalue weighted by atomic mass is 127. The molecule has 0 aliphatic heterocycles. The number of aliphatic imine (C=N–C) groups is 1. The maximum Gasteiger partial charge on any atom is 0.191 e. The molecule has 160 valence electrons. The molecule has 0 aromatic heterocycles. The molecule has 7 heteroatoms. The van der Waals surface area contributed by atoms with E-state index < -0.39 is 0 Å². The number of ether oxygens (including phenoxy) is 1. The number of nitrogens with one attached hydrogen (secondary N) is 2. The molecule has 0 amide bonds. The smallest absolute Gasteiger partial charge is 0.191 e. The second kappa shape index (κ2) is 18.7. The van der Waals surface area contributed by atoms with Crippen molar-refractivity contribution in [3.8, 4) is 0 Å². The van der Waals surface area contributed by atoms with Crippen molar-refractivity contribution in [1.29, 1.82) is 0 Å². The number of guanidine groups is 1. The van der Waals surface area contributed by atoms with E-state index in [2.05, 4.69) is 59.5 Å². The number of hydrogen-bond donors (Lipinski definition) is 2. The molecule has 0 aliphatic carbocycles. The normalized spacial score (nSPS) is 12.8. The number of hydrogen-bond acceptors (Lipinski definition) is 4. The molecule has 2 N–H and O–H groups in total. The Morgan fingerprint density at radius 3 is 2.26 bits per heavy atom. The molecular formula is C20H42IN5O. The van der Waals surface area contributed by atoms with Crippen molar-refractivity contribution in [2.45, 2.75) is 26.3 Å². The third kappa shape index (κ3) is 14.1. The largest absolute Gasteiger partial charge is 0.385 e. The van der Waals surface area contributed by atoms with Crippen molar-refractivity contribution < 1.29 is 4.74 Å². The minimum absolute atomic E-state index is 0. The third-order valence-corrected chi connectivity index (χ3v) is 4.34. The molecule has 6 nitrogen and oxygen atoms in total. The van der Waals surface area contributed by atoms with Crippen LogP contribution in [0.15, 0.2) is 30.3 Å². The van der Waals surface area contributed by atoms with Gasteiger partial charge in [0.25, 0.3) is 0 Å². The van der Waals surface area contributed by atoms with Gasteiger partial charge in [0.05, 0.1) is 0 Å². The summed E-state index contributed by atoms with van der Waals surface area (Å²) in [6.07, 6.45) is 4.95. The van der Waals surface area contributed by atoms with Gasteiger partial charge >= 0.3 is 0 Å². The third-order valence-electron chi connectivity index (χ3n) is 4.34. The van der Waals surface area contributed by atoms with Crippen molar-refractivity contribution in [2.75, 3.05) is 67.1 Å². The van der Waals surface area contributed by atoms with E-state index in [0.29, 0.717) is 12.0 Å². The number of rotatable bonds is 15. The zero-order valence-electron chi connectivity index (χ0n) is 18.0. The van der Waals surface area contributed by atoms with E-state index >= 15 is 0 Å². The fourth-order valence-corrected chi connectivity index (χ4v) is 2.84. The van der Waals surface area contributed by atoms with Crippen molar-refractivity contribution in [3.05, 3.63) is 25.3 Å². The molecule has 0 saturated carbocycles. The Bertz CT molecular complexity index is 394. The predicted molar refractivity (Wildman–Crippen MR) is 129 cm³/mol. The Balaban J connectivity index is 0. The lowest BCUT2D eigenvalue weighted by molar-refractivity contribution is 0.180. The van der Waals surface area contributed by atoms with Gasteiger partial charge in [-0.3, -0.25) is 9.89 Å². The maximum atomic E-state index is 5.09. The van der Waals surface area contributed by atoms with Crippen LogP contribution in [0.2, 0.25) is 0 Å². The van der Waals surface area contributed by atoms with Crippen molar-refractivity contribution in [3.63, 3.8) is 0 Å². The minimum atomic E-state index is 0. The second-order valence-corrected chi connectivity index (χ2v) is 6.87. The molecule has 27 heavy (non-hydrogen) atoms. The van der Waals surface area contributed by atoms with Gasteiger partial charge in [0.2, 0.25) is 0 Å². The fourth-order valence-electron chi connectivity index (χ4n) is 2.84. The molecule has 0 fully saturated rings. The summed E-state index contributed by atoms with van der Waals surface area (Å²) < 4.78 is 5.09. The molecule has 0 bridgehead atoms. The lowest BCUT2D eigenvalue weighted by Crippen LogP contribution is -2.50. The summed E-state index contributed by atoms with van der Waals surface area (Å²) in [5, 5.41) is 6.86. The average Bonchev–Trinajstić information content (AvgIpc) is 2.60. The predicted octanol–water partition coefficient (Wildman–Crippen LogP) is 2.44. The number of nitrogens with zero attached hydrogens (tertiary/aromatic N) is 3. The molecule has 0 radical (unpaired) electrons. The Morgan fingerprint density at radius 1 is 1.15 bits per heavy atom. The first-order valence-electron chi connectivity index (χ1n) is 9.57. The minimum Gasteiger partial charge on any atom is -0.385 e. The van der Waals surface area contributed by atoms with Gasteiger partial charge in [-0.15, -0.1) is 37.1 Å². The first kappa shape index (κ1) is 28.6. The summed E-state index contributed by atoms with van der Waals surface area (Å²) >= 11 is 0. The highest BCUT2D eigenvalue weighted by Crippen LogP contribution is 2.10. The fraction of sp³-hybridized carbons (Fsp3) is 0.750. The SMILES string of the molecule is C=CCN(CC=C)C(CNC(=NC)NCCN(C)CCCOC)C(C)C.I. The van der Waals surface area contributed by atoms with E-state index in [4.69, 9.17) is 4.74 Å². The lowest BCUT2D eigenvalue weighted by atomic mass is 10.0. The van der Waals surface area contributed by atoms with Crippen molar-refractivity contribution in [2.24, 2.45) is 10.9 Å². The molecule has 0 heterocycles. The quantitative estimate of drug-likeness (QED) is 0.120. The number of halogens is 1. The zero-order chi connectivity index (χ0) is 19.8. The molecule has 0 aromatic rings.